The van der Waals surface area contributed by atoms with Gasteiger partial charge in [0.1, 0.15) is 22.0 Å². The molecule has 3 aromatic heterocycles. The molecule has 0 saturated carbocycles. The molecule has 1 N–H and O–H groups in total. The van der Waals surface area contributed by atoms with Gasteiger partial charge in [0, 0.05) is 16.9 Å². The fraction of sp³-hybridized carbons (Fsp3) is 0.300. The molecule has 0 spiro atoms. The maximum absolute atomic E-state index is 4.48. The van der Waals surface area contributed by atoms with Crippen molar-refractivity contribution in [3.63, 3.8) is 0 Å². The Labute approximate surface area is 166 Å². The van der Waals surface area contributed by atoms with Crippen molar-refractivity contribution in [3.05, 3.63) is 46.5 Å². The fourth-order valence-electron chi connectivity index (χ4n) is 2.85. The van der Waals surface area contributed by atoms with E-state index in [9.17, 15) is 0 Å². The molecule has 138 valence electrons. The lowest BCUT2D eigenvalue weighted by atomic mass is 9.99. The fourth-order valence-corrected chi connectivity index (χ4v) is 4.51. The number of anilines is 2. The predicted molar refractivity (Wildman–Crippen MR) is 114 cm³/mol. The molecule has 7 heteroatoms. The molecule has 4 rings (SSSR count). The van der Waals surface area contributed by atoms with Crippen molar-refractivity contribution in [1.29, 1.82) is 0 Å². The highest BCUT2D eigenvalue weighted by atomic mass is 32.1. The molecule has 0 amide bonds. The van der Waals surface area contributed by atoms with E-state index in [1.807, 2.05) is 0 Å². The topological polar surface area (TPSA) is 63.6 Å². The van der Waals surface area contributed by atoms with Crippen molar-refractivity contribution in [2.75, 3.05) is 5.32 Å². The van der Waals surface area contributed by atoms with E-state index in [0.717, 1.165) is 31.7 Å². The Morgan fingerprint density at radius 1 is 0.926 bits per heavy atom. The summed E-state index contributed by atoms with van der Waals surface area (Å²) in [5.41, 5.74) is 3.65. The molecular formula is C20H21N5S2. The van der Waals surface area contributed by atoms with Gasteiger partial charge in [0.2, 0.25) is 5.13 Å². The summed E-state index contributed by atoms with van der Waals surface area (Å²) >= 11 is 3.19. The van der Waals surface area contributed by atoms with Crippen LogP contribution in [0.4, 0.5) is 10.9 Å². The summed E-state index contributed by atoms with van der Waals surface area (Å²) < 4.78 is 0. The second kappa shape index (κ2) is 7.32. The Kier molecular flexibility index (Phi) is 4.88. The van der Waals surface area contributed by atoms with Crippen LogP contribution in [0.15, 0.2) is 36.0 Å². The molecule has 0 aliphatic carbocycles. The smallest absolute Gasteiger partial charge is 0.211 e. The number of aromatic nitrogens is 4. The zero-order valence-electron chi connectivity index (χ0n) is 15.7. The quantitative estimate of drug-likeness (QED) is 0.436. The van der Waals surface area contributed by atoms with E-state index in [1.54, 1.807) is 29.0 Å². The van der Waals surface area contributed by atoms with Crippen molar-refractivity contribution in [2.45, 2.75) is 39.5 Å². The second-order valence-corrected chi connectivity index (χ2v) is 8.92. The number of thiophene rings is 1. The van der Waals surface area contributed by atoms with Crippen LogP contribution >= 0.6 is 22.7 Å². The van der Waals surface area contributed by atoms with Gasteiger partial charge in [-0.2, -0.15) is 0 Å². The second-order valence-electron chi connectivity index (χ2n) is 7.05. The first-order valence-electron chi connectivity index (χ1n) is 8.96. The van der Waals surface area contributed by atoms with Crippen molar-refractivity contribution < 1.29 is 0 Å². The number of hydrogen-bond acceptors (Lipinski definition) is 7. The number of benzene rings is 1. The summed E-state index contributed by atoms with van der Waals surface area (Å²) in [5.74, 6) is 1.65. The van der Waals surface area contributed by atoms with Crippen LogP contribution in [0.1, 0.15) is 50.1 Å². The first kappa shape index (κ1) is 18.0. The molecule has 0 radical (unpaired) electrons. The van der Waals surface area contributed by atoms with Crippen LogP contribution in [0.5, 0.6) is 0 Å². The van der Waals surface area contributed by atoms with Crippen LogP contribution < -0.4 is 5.32 Å². The molecule has 1 aromatic carbocycles. The molecule has 0 aliphatic rings. The minimum absolute atomic E-state index is 0.361. The molecule has 0 atom stereocenters. The summed E-state index contributed by atoms with van der Waals surface area (Å²) in [6.07, 6.45) is 1.59. The first-order chi connectivity index (χ1) is 13.0. The Morgan fingerprint density at radius 3 is 2.37 bits per heavy atom. The molecule has 27 heavy (non-hydrogen) atoms. The lowest BCUT2D eigenvalue weighted by Gasteiger charge is -2.08. The third-order valence-corrected chi connectivity index (χ3v) is 6.44. The first-order valence-corrected chi connectivity index (χ1v) is 10.7. The molecule has 5 nitrogen and oxygen atoms in total. The van der Waals surface area contributed by atoms with Gasteiger partial charge in [-0.1, -0.05) is 63.3 Å². The Hall–Kier alpha value is -2.38. The van der Waals surface area contributed by atoms with Crippen molar-refractivity contribution in [2.24, 2.45) is 0 Å². The van der Waals surface area contributed by atoms with Crippen molar-refractivity contribution >= 4 is 43.8 Å². The summed E-state index contributed by atoms with van der Waals surface area (Å²) in [4.78, 5) is 9.89. The highest BCUT2D eigenvalue weighted by Gasteiger charge is 2.15. The van der Waals surface area contributed by atoms with Gasteiger partial charge in [0.25, 0.3) is 0 Å². The normalized spacial score (nSPS) is 11.6. The predicted octanol–water partition coefficient (Wildman–Crippen LogP) is 6.20. The van der Waals surface area contributed by atoms with Gasteiger partial charge in [0.15, 0.2) is 0 Å². The average molecular weight is 396 g/mol. The molecule has 4 aromatic rings. The van der Waals surface area contributed by atoms with Gasteiger partial charge in [-0.05, 0) is 17.0 Å². The summed E-state index contributed by atoms with van der Waals surface area (Å²) in [7, 11) is 0. The standard InChI is InChI=1S/C20H21N5S2/c1-11(2)13-5-7-14(8-6-13)15-9-26-19-16(15)17(21-10-22-19)23-20-25-24-18(27-20)12(3)4/h5-12H,1-4H3,(H,21,22,23,25). The monoisotopic (exact) mass is 395 g/mol. The summed E-state index contributed by atoms with van der Waals surface area (Å²) in [6.45, 7) is 8.65. The highest BCUT2D eigenvalue weighted by Crippen LogP contribution is 2.38. The van der Waals surface area contributed by atoms with Gasteiger partial charge in [0.05, 0.1) is 5.39 Å². The lowest BCUT2D eigenvalue weighted by molar-refractivity contribution is 0.825. The van der Waals surface area contributed by atoms with E-state index in [-0.39, 0.29) is 0 Å². The van der Waals surface area contributed by atoms with Crippen LogP contribution in [-0.2, 0) is 0 Å². The Balaban J connectivity index is 1.74. The van der Waals surface area contributed by atoms with E-state index in [1.165, 1.54) is 11.1 Å². The zero-order valence-corrected chi connectivity index (χ0v) is 17.4. The van der Waals surface area contributed by atoms with Gasteiger partial charge in [-0.25, -0.2) is 9.97 Å². The molecule has 3 heterocycles. The third kappa shape index (κ3) is 3.57. The number of fused-ring (bicyclic) bond motifs is 1. The SMILES string of the molecule is CC(C)c1ccc(-c2csc3ncnc(Nc4nnc(C(C)C)s4)c23)cc1. The molecule has 0 saturated heterocycles. The molecule has 0 fully saturated rings. The minimum Gasteiger partial charge on any atom is -0.314 e. The molecule has 0 unspecified atom stereocenters. The van der Waals surface area contributed by atoms with E-state index in [4.69, 9.17) is 0 Å². The minimum atomic E-state index is 0.361. The number of nitrogens with zero attached hydrogens (tertiary/aromatic N) is 4. The van der Waals surface area contributed by atoms with E-state index in [0.29, 0.717) is 11.8 Å². The summed E-state index contributed by atoms with van der Waals surface area (Å²) in [5, 5.41) is 16.8. The zero-order chi connectivity index (χ0) is 19.0. The van der Waals surface area contributed by atoms with Crippen LogP contribution in [0, 0.1) is 0 Å². The van der Waals surface area contributed by atoms with Crippen LogP contribution in [0.2, 0.25) is 0 Å². The lowest BCUT2D eigenvalue weighted by Crippen LogP contribution is -1.95. The number of nitrogens with one attached hydrogen (secondary N) is 1. The van der Waals surface area contributed by atoms with E-state index < -0.39 is 0 Å². The molecule has 0 bridgehead atoms. The van der Waals surface area contributed by atoms with Gasteiger partial charge < -0.3 is 5.32 Å². The van der Waals surface area contributed by atoms with Crippen LogP contribution in [-0.4, -0.2) is 20.2 Å². The van der Waals surface area contributed by atoms with Gasteiger partial charge in [-0.3, -0.25) is 0 Å². The highest BCUT2D eigenvalue weighted by molar-refractivity contribution is 7.17. The van der Waals surface area contributed by atoms with Crippen LogP contribution in [0.3, 0.4) is 0 Å². The van der Waals surface area contributed by atoms with Gasteiger partial charge >= 0.3 is 0 Å². The van der Waals surface area contributed by atoms with Gasteiger partial charge in [-0.15, -0.1) is 21.5 Å². The Morgan fingerprint density at radius 2 is 1.70 bits per heavy atom. The molecular weight excluding hydrogens is 374 g/mol. The largest absolute Gasteiger partial charge is 0.314 e. The maximum Gasteiger partial charge on any atom is 0.211 e. The average Bonchev–Trinajstić information content (AvgIpc) is 3.29. The molecule has 0 aliphatic heterocycles. The van der Waals surface area contributed by atoms with E-state index in [2.05, 4.69) is 82.8 Å². The van der Waals surface area contributed by atoms with E-state index >= 15 is 0 Å². The van der Waals surface area contributed by atoms with Crippen molar-refractivity contribution in [3.8, 4) is 11.1 Å². The third-order valence-electron chi connectivity index (χ3n) is 4.42. The summed E-state index contributed by atoms with van der Waals surface area (Å²) in [6, 6.07) is 8.74. The number of hydrogen-bond donors (Lipinski definition) is 1. The van der Waals surface area contributed by atoms with Crippen LogP contribution in [0.25, 0.3) is 21.3 Å². The van der Waals surface area contributed by atoms with Crippen molar-refractivity contribution in [1.82, 2.24) is 20.2 Å². The maximum atomic E-state index is 4.48. The number of rotatable bonds is 5. The Bertz CT molecular complexity index is 1060.